The van der Waals surface area contributed by atoms with Crippen LogP contribution in [-0.2, 0) is 31.4 Å². The molecule has 1 saturated heterocycles. The molecule has 6 heteroatoms. The SMILES string of the molecule is CCc1cccc2c(CN3CCC[C@](COc4ccc(Cl)c(C)c4)(CC(=O)N(C)Cc4ccccc4)C3)cn(C)c12. The zero-order chi connectivity index (χ0) is 29.0. The Balaban J connectivity index is 1.37. The number of aryl methyl sites for hydroxylation is 3. The van der Waals surface area contributed by atoms with Crippen LogP contribution in [0.2, 0.25) is 5.02 Å². The molecule has 1 fully saturated rings. The van der Waals surface area contributed by atoms with Gasteiger partial charge < -0.3 is 14.2 Å². The van der Waals surface area contributed by atoms with Gasteiger partial charge in [-0.1, -0.05) is 67.1 Å². The molecule has 41 heavy (non-hydrogen) atoms. The molecule has 0 saturated carbocycles. The maximum Gasteiger partial charge on any atom is 0.223 e. The van der Waals surface area contributed by atoms with E-state index in [0.29, 0.717) is 19.6 Å². The van der Waals surface area contributed by atoms with Gasteiger partial charge in [-0.15, -0.1) is 0 Å². The van der Waals surface area contributed by atoms with Crippen molar-refractivity contribution in [2.24, 2.45) is 12.5 Å². The van der Waals surface area contributed by atoms with Crippen molar-refractivity contribution in [3.05, 3.63) is 100 Å². The molecule has 1 atom stereocenters. The van der Waals surface area contributed by atoms with E-state index in [1.54, 1.807) is 0 Å². The minimum Gasteiger partial charge on any atom is -0.493 e. The maximum atomic E-state index is 13.7. The van der Waals surface area contributed by atoms with E-state index in [1.807, 2.05) is 55.3 Å². The number of hydrogen-bond donors (Lipinski definition) is 0. The van der Waals surface area contributed by atoms with E-state index in [0.717, 1.165) is 60.8 Å². The summed E-state index contributed by atoms with van der Waals surface area (Å²) in [6.45, 7) is 7.99. The van der Waals surface area contributed by atoms with E-state index in [4.69, 9.17) is 16.3 Å². The largest absolute Gasteiger partial charge is 0.493 e. The van der Waals surface area contributed by atoms with E-state index in [1.165, 1.54) is 22.0 Å². The number of aromatic nitrogens is 1. The highest BCUT2D eigenvalue weighted by Crippen LogP contribution is 2.37. The lowest BCUT2D eigenvalue weighted by Crippen LogP contribution is -2.48. The Morgan fingerprint density at radius 2 is 1.88 bits per heavy atom. The molecule has 2 heterocycles. The van der Waals surface area contributed by atoms with Crippen LogP contribution in [0.15, 0.2) is 72.9 Å². The van der Waals surface area contributed by atoms with E-state index < -0.39 is 0 Å². The predicted molar refractivity (Wildman–Crippen MR) is 168 cm³/mol. The number of piperidine rings is 1. The van der Waals surface area contributed by atoms with Crippen LogP contribution in [0.4, 0.5) is 0 Å². The van der Waals surface area contributed by atoms with E-state index in [-0.39, 0.29) is 11.3 Å². The lowest BCUT2D eigenvalue weighted by Gasteiger charge is -2.43. The van der Waals surface area contributed by atoms with Crippen LogP contribution < -0.4 is 4.74 Å². The highest BCUT2D eigenvalue weighted by molar-refractivity contribution is 6.31. The Labute approximate surface area is 249 Å². The minimum absolute atomic E-state index is 0.157. The number of carbonyl (C=O) groups excluding carboxylic acids is 1. The summed E-state index contributed by atoms with van der Waals surface area (Å²) in [7, 11) is 4.06. The molecule has 5 rings (SSSR count). The van der Waals surface area contributed by atoms with E-state index >= 15 is 0 Å². The van der Waals surface area contributed by atoms with Gasteiger partial charge in [0.2, 0.25) is 5.91 Å². The highest BCUT2D eigenvalue weighted by Gasteiger charge is 2.39. The second kappa shape index (κ2) is 12.7. The summed E-state index contributed by atoms with van der Waals surface area (Å²) in [5, 5.41) is 2.06. The summed E-state index contributed by atoms with van der Waals surface area (Å²) in [6, 6.07) is 22.6. The summed E-state index contributed by atoms with van der Waals surface area (Å²) < 4.78 is 8.70. The van der Waals surface area contributed by atoms with E-state index in [2.05, 4.69) is 60.0 Å². The molecule has 0 spiro atoms. The fourth-order valence-corrected chi connectivity index (χ4v) is 6.51. The molecular formula is C35H42ClN3O2. The number of para-hydroxylation sites is 1. The number of fused-ring (bicyclic) bond motifs is 1. The minimum atomic E-state index is -0.285. The average molecular weight is 572 g/mol. The smallest absolute Gasteiger partial charge is 0.223 e. The van der Waals surface area contributed by atoms with Gasteiger partial charge in [0, 0.05) is 62.2 Å². The third-order valence-corrected chi connectivity index (χ3v) is 9.00. The van der Waals surface area contributed by atoms with Crippen molar-refractivity contribution in [1.29, 1.82) is 0 Å². The zero-order valence-electron chi connectivity index (χ0n) is 24.8. The first-order valence-corrected chi connectivity index (χ1v) is 15.1. The Bertz CT molecular complexity index is 1500. The van der Waals surface area contributed by atoms with Gasteiger partial charge in [-0.05, 0) is 73.2 Å². The van der Waals surface area contributed by atoms with Crippen LogP contribution in [0, 0.1) is 12.3 Å². The van der Waals surface area contributed by atoms with Gasteiger partial charge >= 0.3 is 0 Å². The fraction of sp³-hybridized carbons (Fsp3) is 0.400. The van der Waals surface area contributed by atoms with Crippen molar-refractivity contribution >= 4 is 28.4 Å². The standard InChI is InChI=1S/C35H42ClN3O2/c1-5-28-13-9-14-31-29(22-38(4)34(28)31)23-39-18-10-17-35(24-39,25-41-30-15-16-32(36)26(2)19-30)20-33(40)37(3)21-27-11-7-6-8-12-27/h6-9,11-16,19,22H,5,10,17-18,20-21,23-25H2,1-4H3/t35-/m0/s1. The Morgan fingerprint density at radius 1 is 1.07 bits per heavy atom. The van der Waals surface area contributed by atoms with Crippen LogP contribution in [0.5, 0.6) is 5.75 Å². The third-order valence-electron chi connectivity index (χ3n) is 8.57. The van der Waals surface area contributed by atoms with Crippen molar-refractivity contribution in [3.63, 3.8) is 0 Å². The van der Waals surface area contributed by atoms with Crippen LogP contribution in [0.1, 0.15) is 48.4 Å². The number of likely N-dealkylation sites (tertiary alicyclic amines) is 1. The number of nitrogens with zero attached hydrogens (tertiary/aromatic N) is 3. The first-order chi connectivity index (χ1) is 19.8. The van der Waals surface area contributed by atoms with Crippen molar-refractivity contribution < 1.29 is 9.53 Å². The first kappa shape index (κ1) is 29.2. The molecular weight excluding hydrogens is 530 g/mol. The Morgan fingerprint density at radius 3 is 2.63 bits per heavy atom. The van der Waals surface area contributed by atoms with Gasteiger partial charge in [-0.25, -0.2) is 0 Å². The Hall–Kier alpha value is -3.28. The molecule has 0 N–H and O–H groups in total. The summed E-state index contributed by atoms with van der Waals surface area (Å²) >= 11 is 6.27. The molecule has 0 aliphatic carbocycles. The molecule has 1 aliphatic rings. The molecule has 0 radical (unpaired) electrons. The van der Waals surface area contributed by atoms with Crippen LogP contribution >= 0.6 is 11.6 Å². The monoisotopic (exact) mass is 571 g/mol. The molecule has 0 unspecified atom stereocenters. The predicted octanol–water partition coefficient (Wildman–Crippen LogP) is 7.41. The van der Waals surface area contributed by atoms with Gasteiger partial charge in [-0.2, -0.15) is 0 Å². The van der Waals surface area contributed by atoms with Crippen LogP contribution in [0.3, 0.4) is 0 Å². The van der Waals surface area contributed by atoms with Crippen molar-refractivity contribution in [2.45, 2.75) is 52.6 Å². The molecule has 3 aromatic carbocycles. The van der Waals surface area contributed by atoms with Gasteiger partial charge in [0.05, 0.1) is 12.1 Å². The number of rotatable bonds is 10. The number of ether oxygens (including phenoxy) is 1. The molecule has 1 aromatic heterocycles. The zero-order valence-corrected chi connectivity index (χ0v) is 25.6. The first-order valence-electron chi connectivity index (χ1n) is 14.7. The number of hydrogen-bond acceptors (Lipinski definition) is 3. The summed E-state index contributed by atoms with van der Waals surface area (Å²) in [5.41, 5.74) is 5.89. The maximum absolute atomic E-state index is 13.7. The number of halogens is 1. The van der Waals surface area contributed by atoms with Crippen LogP contribution in [0.25, 0.3) is 10.9 Å². The quantitative estimate of drug-likeness (QED) is 0.199. The molecule has 1 aliphatic heterocycles. The van der Waals surface area contributed by atoms with Crippen molar-refractivity contribution in [3.8, 4) is 5.75 Å². The fourth-order valence-electron chi connectivity index (χ4n) is 6.39. The topological polar surface area (TPSA) is 37.7 Å². The van der Waals surface area contributed by atoms with Gasteiger partial charge in [0.15, 0.2) is 0 Å². The molecule has 5 nitrogen and oxygen atoms in total. The second-order valence-corrected chi connectivity index (χ2v) is 12.3. The molecule has 1 amide bonds. The number of amides is 1. The summed E-state index contributed by atoms with van der Waals surface area (Å²) in [4.78, 5) is 18.1. The molecule has 4 aromatic rings. The lowest BCUT2D eigenvalue weighted by molar-refractivity contribution is -0.135. The average Bonchev–Trinajstić information content (AvgIpc) is 3.29. The normalized spacial score (nSPS) is 17.6. The second-order valence-electron chi connectivity index (χ2n) is 11.9. The van der Waals surface area contributed by atoms with Crippen LogP contribution in [-0.4, -0.2) is 47.0 Å². The molecule has 0 bridgehead atoms. The van der Waals surface area contributed by atoms with E-state index in [9.17, 15) is 4.79 Å². The number of benzene rings is 3. The third kappa shape index (κ3) is 6.79. The van der Waals surface area contributed by atoms with Gasteiger partial charge in [0.25, 0.3) is 0 Å². The van der Waals surface area contributed by atoms with Gasteiger partial charge in [0.1, 0.15) is 5.75 Å². The summed E-state index contributed by atoms with van der Waals surface area (Å²) in [6.07, 6.45) is 5.74. The number of carbonyl (C=O) groups is 1. The molecule has 216 valence electrons. The van der Waals surface area contributed by atoms with Crippen molar-refractivity contribution in [2.75, 3.05) is 26.7 Å². The summed E-state index contributed by atoms with van der Waals surface area (Å²) in [5.74, 6) is 0.957. The lowest BCUT2D eigenvalue weighted by atomic mass is 9.77. The van der Waals surface area contributed by atoms with Gasteiger partial charge in [-0.3, -0.25) is 9.69 Å². The highest BCUT2D eigenvalue weighted by atomic mass is 35.5. The Kier molecular flexibility index (Phi) is 9.06. The van der Waals surface area contributed by atoms with Crippen molar-refractivity contribution in [1.82, 2.24) is 14.4 Å².